The first-order valence-corrected chi connectivity index (χ1v) is 7.91. The third-order valence-electron chi connectivity index (χ3n) is 4.00. The zero-order chi connectivity index (χ0) is 18.4. The summed E-state index contributed by atoms with van der Waals surface area (Å²) in [6.07, 6.45) is 0. The zero-order valence-electron chi connectivity index (χ0n) is 13.0. The van der Waals surface area contributed by atoms with E-state index in [1.54, 1.807) is 30.3 Å². The molecule has 1 aliphatic heterocycles. The predicted octanol–water partition coefficient (Wildman–Crippen LogP) is 3.46. The number of anilines is 3. The number of nitrogens with zero attached hydrogens (tertiary/aromatic N) is 1. The summed E-state index contributed by atoms with van der Waals surface area (Å²) in [4.78, 5) is 39.4. The number of pyridine rings is 1. The van der Waals surface area contributed by atoms with Crippen molar-refractivity contribution in [1.29, 1.82) is 0 Å². The smallest absolute Gasteiger partial charge is 0.335 e. The number of ketones is 1. The minimum absolute atomic E-state index is 0.00453. The molecule has 1 aliphatic rings. The number of amides is 1. The van der Waals surface area contributed by atoms with Gasteiger partial charge < -0.3 is 15.7 Å². The van der Waals surface area contributed by atoms with Crippen molar-refractivity contribution < 1.29 is 19.5 Å². The van der Waals surface area contributed by atoms with E-state index in [-0.39, 0.29) is 22.8 Å². The summed E-state index contributed by atoms with van der Waals surface area (Å²) in [5, 5.41) is 16.3. The van der Waals surface area contributed by atoms with Gasteiger partial charge in [0.1, 0.15) is 11.5 Å². The second-order valence-electron chi connectivity index (χ2n) is 5.67. The van der Waals surface area contributed by atoms with E-state index in [4.69, 9.17) is 11.6 Å². The van der Waals surface area contributed by atoms with Gasteiger partial charge in [-0.1, -0.05) is 23.7 Å². The van der Waals surface area contributed by atoms with Gasteiger partial charge in [0.05, 0.1) is 11.3 Å². The third kappa shape index (κ3) is 2.55. The van der Waals surface area contributed by atoms with Crippen LogP contribution in [0.3, 0.4) is 0 Å². The summed E-state index contributed by atoms with van der Waals surface area (Å²) in [6.45, 7) is 0. The van der Waals surface area contributed by atoms with Crippen molar-refractivity contribution in [2.45, 2.75) is 0 Å². The molecule has 7 nitrogen and oxygen atoms in total. The molecule has 0 saturated carbocycles. The molecule has 1 aromatic heterocycles. The van der Waals surface area contributed by atoms with Crippen LogP contribution in [0.15, 0.2) is 42.5 Å². The zero-order valence-corrected chi connectivity index (χ0v) is 13.8. The second kappa shape index (κ2) is 5.82. The summed E-state index contributed by atoms with van der Waals surface area (Å²) in [5.74, 6) is -2.34. The summed E-state index contributed by atoms with van der Waals surface area (Å²) < 4.78 is 0. The van der Waals surface area contributed by atoms with Crippen LogP contribution < -0.4 is 10.6 Å². The Balaban J connectivity index is 1.96. The fraction of sp³-hybridized carbons (Fsp3) is 0. The SMILES string of the molecule is O=C1Nc2c(nc(Nc3cccc(Cl)c3)c3cc(C(=O)O)ccc23)C1=O. The Kier molecular flexibility index (Phi) is 3.59. The Labute approximate surface area is 151 Å². The molecule has 2 heterocycles. The molecule has 2 aromatic carbocycles. The van der Waals surface area contributed by atoms with E-state index in [0.717, 1.165) is 0 Å². The molecule has 0 fully saturated rings. The molecule has 0 unspecified atom stereocenters. The van der Waals surface area contributed by atoms with Crippen molar-refractivity contribution in [3.63, 3.8) is 0 Å². The standard InChI is InChI=1S/C18H10ClN3O4/c19-9-2-1-3-10(7-9)20-16-12-6-8(18(25)26)4-5-11(12)13-14(21-16)15(23)17(24)22-13/h1-7H,(H,20,21)(H,25,26)(H,22,23,24). The molecule has 3 N–H and O–H groups in total. The lowest BCUT2D eigenvalue weighted by atomic mass is 10.0. The van der Waals surface area contributed by atoms with Gasteiger partial charge in [-0.2, -0.15) is 0 Å². The second-order valence-corrected chi connectivity index (χ2v) is 6.10. The number of carbonyl (C=O) groups is 3. The van der Waals surface area contributed by atoms with Crippen LogP contribution in [0.2, 0.25) is 5.02 Å². The number of fused-ring (bicyclic) bond motifs is 3. The highest BCUT2D eigenvalue weighted by atomic mass is 35.5. The molecule has 0 atom stereocenters. The summed E-state index contributed by atoms with van der Waals surface area (Å²) >= 11 is 5.99. The highest BCUT2D eigenvalue weighted by molar-refractivity contribution is 6.52. The van der Waals surface area contributed by atoms with Crippen molar-refractivity contribution in [2.24, 2.45) is 0 Å². The lowest BCUT2D eigenvalue weighted by molar-refractivity contribution is -0.112. The summed E-state index contributed by atoms with van der Waals surface area (Å²) in [7, 11) is 0. The number of carbonyl (C=O) groups excluding carboxylic acids is 2. The maximum absolute atomic E-state index is 12.1. The van der Waals surface area contributed by atoms with Crippen molar-refractivity contribution in [3.05, 3.63) is 58.7 Å². The van der Waals surface area contributed by atoms with Crippen molar-refractivity contribution >= 4 is 57.2 Å². The highest BCUT2D eigenvalue weighted by Crippen LogP contribution is 2.36. The van der Waals surface area contributed by atoms with E-state index in [9.17, 15) is 19.5 Å². The quantitative estimate of drug-likeness (QED) is 0.612. The molecule has 4 rings (SSSR count). The van der Waals surface area contributed by atoms with Gasteiger partial charge in [0, 0.05) is 21.5 Å². The van der Waals surface area contributed by atoms with Gasteiger partial charge in [-0.15, -0.1) is 0 Å². The van der Waals surface area contributed by atoms with Crippen molar-refractivity contribution in [1.82, 2.24) is 4.98 Å². The predicted molar refractivity (Wildman–Crippen MR) is 96.4 cm³/mol. The fourth-order valence-electron chi connectivity index (χ4n) is 2.81. The molecule has 3 aromatic rings. The Hall–Kier alpha value is -3.45. The van der Waals surface area contributed by atoms with Gasteiger partial charge >= 0.3 is 5.97 Å². The van der Waals surface area contributed by atoms with Crippen LogP contribution in [0.1, 0.15) is 20.8 Å². The highest BCUT2D eigenvalue weighted by Gasteiger charge is 2.32. The number of carboxylic acids is 1. The van der Waals surface area contributed by atoms with Gasteiger partial charge in [0.25, 0.3) is 11.7 Å². The lowest BCUT2D eigenvalue weighted by Crippen LogP contribution is -2.13. The number of nitrogens with one attached hydrogen (secondary N) is 2. The van der Waals surface area contributed by atoms with Crippen LogP contribution in [0.4, 0.5) is 17.2 Å². The number of halogens is 1. The van der Waals surface area contributed by atoms with Crippen molar-refractivity contribution in [2.75, 3.05) is 10.6 Å². The van der Waals surface area contributed by atoms with Gasteiger partial charge in [-0.3, -0.25) is 9.59 Å². The van der Waals surface area contributed by atoms with Crippen LogP contribution in [-0.4, -0.2) is 27.8 Å². The summed E-state index contributed by atoms with van der Waals surface area (Å²) in [6, 6.07) is 11.2. The first-order valence-electron chi connectivity index (χ1n) is 7.53. The molecular weight excluding hydrogens is 358 g/mol. The molecule has 0 radical (unpaired) electrons. The molecule has 128 valence electrons. The first-order chi connectivity index (χ1) is 12.4. The number of benzene rings is 2. The van der Waals surface area contributed by atoms with E-state index in [0.29, 0.717) is 21.5 Å². The Morgan fingerprint density at radius 2 is 1.92 bits per heavy atom. The average molecular weight is 368 g/mol. The van der Waals surface area contributed by atoms with Crippen molar-refractivity contribution in [3.8, 4) is 0 Å². The maximum Gasteiger partial charge on any atom is 0.335 e. The average Bonchev–Trinajstić information content (AvgIpc) is 2.90. The molecule has 26 heavy (non-hydrogen) atoms. The topological polar surface area (TPSA) is 108 Å². The number of rotatable bonds is 3. The molecule has 1 amide bonds. The van der Waals surface area contributed by atoms with Crippen LogP contribution in [-0.2, 0) is 4.79 Å². The molecule has 0 saturated heterocycles. The van der Waals surface area contributed by atoms with E-state index in [2.05, 4.69) is 15.6 Å². The maximum atomic E-state index is 12.1. The number of Topliss-reactive ketones (excluding diaryl/α,β-unsaturated/α-hetero) is 1. The largest absolute Gasteiger partial charge is 0.478 e. The van der Waals surface area contributed by atoms with Gasteiger partial charge in [0.15, 0.2) is 0 Å². The number of aromatic carboxylic acids is 1. The summed E-state index contributed by atoms with van der Waals surface area (Å²) in [5.41, 5.74) is 0.944. The Bertz CT molecular complexity index is 1130. The minimum atomic E-state index is -1.10. The van der Waals surface area contributed by atoms with Gasteiger partial charge in [-0.05, 0) is 30.3 Å². The number of hydrogen-bond donors (Lipinski definition) is 3. The fourth-order valence-corrected chi connectivity index (χ4v) is 3.00. The molecular formula is C18H10ClN3O4. The van der Waals surface area contributed by atoms with E-state index in [1.165, 1.54) is 12.1 Å². The number of carboxylic acid groups (broad SMARTS) is 1. The third-order valence-corrected chi connectivity index (χ3v) is 4.23. The van der Waals surface area contributed by atoms with Gasteiger partial charge in [-0.25, -0.2) is 9.78 Å². The van der Waals surface area contributed by atoms with Crippen LogP contribution in [0.5, 0.6) is 0 Å². The monoisotopic (exact) mass is 367 g/mol. The van der Waals surface area contributed by atoms with Gasteiger partial charge in [0.2, 0.25) is 0 Å². The Morgan fingerprint density at radius 3 is 2.65 bits per heavy atom. The number of hydrogen-bond acceptors (Lipinski definition) is 5. The molecule has 0 spiro atoms. The lowest BCUT2D eigenvalue weighted by Gasteiger charge is -2.12. The van der Waals surface area contributed by atoms with E-state index < -0.39 is 17.7 Å². The minimum Gasteiger partial charge on any atom is -0.478 e. The van der Waals surface area contributed by atoms with Crippen LogP contribution in [0, 0.1) is 0 Å². The molecule has 8 heteroatoms. The normalized spacial score (nSPS) is 12.8. The van der Waals surface area contributed by atoms with Crippen LogP contribution >= 0.6 is 11.6 Å². The van der Waals surface area contributed by atoms with Crippen LogP contribution in [0.25, 0.3) is 10.8 Å². The van der Waals surface area contributed by atoms with E-state index in [1.807, 2.05) is 0 Å². The Morgan fingerprint density at radius 1 is 1.12 bits per heavy atom. The number of aromatic nitrogens is 1. The molecule has 0 bridgehead atoms. The van der Waals surface area contributed by atoms with E-state index >= 15 is 0 Å². The molecule has 0 aliphatic carbocycles. The first kappa shape index (κ1) is 16.0.